The van der Waals surface area contributed by atoms with Crippen LogP contribution >= 0.6 is 15.9 Å². The van der Waals surface area contributed by atoms with Gasteiger partial charge in [0.1, 0.15) is 5.82 Å². The first kappa shape index (κ1) is 11.7. The molecule has 1 aromatic rings. The Kier molecular flexibility index (Phi) is 2.79. The lowest BCUT2D eigenvalue weighted by molar-refractivity contribution is 0.540. The van der Waals surface area contributed by atoms with E-state index in [1.165, 1.54) is 12.8 Å². The van der Waals surface area contributed by atoms with Gasteiger partial charge >= 0.3 is 0 Å². The number of halogens is 2. The minimum absolute atomic E-state index is 0.0375. The molecule has 2 aliphatic carbocycles. The van der Waals surface area contributed by atoms with Gasteiger partial charge in [0, 0.05) is 10.5 Å². The summed E-state index contributed by atoms with van der Waals surface area (Å²) in [7, 11) is 0. The Labute approximate surface area is 110 Å². The first-order valence-corrected chi connectivity index (χ1v) is 7.08. The molecule has 0 aliphatic heterocycles. The summed E-state index contributed by atoms with van der Waals surface area (Å²) in [5.41, 5.74) is 0.907. The van der Waals surface area contributed by atoms with E-state index in [0.717, 1.165) is 29.0 Å². The average Bonchev–Trinajstić information content (AvgIpc) is 3.17. The Morgan fingerprint density at radius 3 is 2.94 bits per heavy atom. The first-order valence-electron chi connectivity index (χ1n) is 6.28. The quantitative estimate of drug-likeness (QED) is 0.895. The molecular weight excluding hydrogens is 281 g/mol. The molecule has 2 atom stereocenters. The normalized spacial score (nSPS) is 31.6. The van der Waals surface area contributed by atoms with E-state index in [1.54, 1.807) is 12.1 Å². The molecule has 2 aliphatic rings. The van der Waals surface area contributed by atoms with Crippen molar-refractivity contribution in [2.24, 2.45) is 5.92 Å². The maximum atomic E-state index is 13.8. The first-order chi connectivity index (χ1) is 8.09. The maximum Gasteiger partial charge on any atom is 0.127 e. The van der Waals surface area contributed by atoms with Crippen LogP contribution in [0.2, 0.25) is 0 Å². The summed E-state index contributed by atoms with van der Waals surface area (Å²) in [6, 6.07) is 6.01. The minimum atomic E-state index is -0.0652. The van der Waals surface area contributed by atoms with E-state index >= 15 is 0 Å². The second-order valence-electron chi connectivity index (χ2n) is 5.63. The van der Waals surface area contributed by atoms with Gasteiger partial charge in [0.2, 0.25) is 0 Å². The van der Waals surface area contributed by atoms with Crippen molar-refractivity contribution in [3.63, 3.8) is 0 Å². The van der Waals surface area contributed by atoms with Gasteiger partial charge in [-0.25, -0.2) is 4.39 Å². The van der Waals surface area contributed by atoms with Crippen molar-refractivity contribution in [3.05, 3.63) is 34.1 Å². The number of benzene rings is 1. The zero-order valence-corrected chi connectivity index (χ0v) is 11.6. The third kappa shape index (κ3) is 2.27. The average molecular weight is 298 g/mol. The van der Waals surface area contributed by atoms with Crippen molar-refractivity contribution in [2.45, 2.75) is 37.6 Å². The monoisotopic (exact) mass is 297 g/mol. The van der Waals surface area contributed by atoms with Gasteiger partial charge in [-0.3, -0.25) is 0 Å². The van der Waals surface area contributed by atoms with Gasteiger partial charge in [0.15, 0.2) is 0 Å². The molecule has 17 heavy (non-hydrogen) atoms. The van der Waals surface area contributed by atoms with Gasteiger partial charge in [-0.15, -0.1) is 0 Å². The summed E-state index contributed by atoms with van der Waals surface area (Å²) in [5, 5.41) is 3.54. The summed E-state index contributed by atoms with van der Waals surface area (Å²) >= 11 is 3.43. The molecule has 2 unspecified atom stereocenters. The highest BCUT2D eigenvalue weighted by Gasteiger charge is 2.52. The number of nitrogens with one attached hydrogen (secondary N) is 1. The fourth-order valence-corrected chi connectivity index (χ4v) is 2.97. The Bertz CT molecular complexity index is 444. The van der Waals surface area contributed by atoms with Crippen molar-refractivity contribution in [2.75, 3.05) is 6.54 Å². The molecule has 92 valence electrons. The minimum Gasteiger partial charge on any atom is -0.314 e. The van der Waals surface area contributed by atoms with E-state index in [9.17, 15) is 4.39 Å². The van der Waals surface area contributed by atoms with Gasteiger partial charge in [-0.1, -0.05) is 22.9 Å². The van der Waals surface area contributed by atoms with Crippen LogP contribution in [0.4, 0.5) is 4.39 Å². The van der Waals surface area contributed by atoms with Crippen LogP contribution in [0.1, 0.15) is 31.7 Å². The van der Waals surface area contributed by atoms with Crippen LogP contribution in [-0.2, 0) is 5.41 Å². The van der Waals surface area contributed by atoms with Crippen LogP contribution in [0.15, 0.2) is 22.7 Å². The summed E-state index contributed by atoms with van der Waals surface area (Å²) in [6.07, 6.45) is 3.73. The van der Waals surface area contributed by atoms with Gasteiger partial charge in [0.25, 0.3) is 0 Å². The van der Waals surface area contributed by atoms with Gasteiger partial charge in [-0.2, -0.15) is 0 Å². The Balaban J connectivity index is 1.72. The highest BCUT2D eigenvalue weighted by molar-refractivity contribution is 9.10. The van der Waals surface area contributed by atoms with Gasteiger partial charge < -0.3 is 5.32 Å². The molecule has 0 bridgehead atoms. The van der Waals surface area contributed by atoms with E-state index in [0.29, 0.717) is 5.92 Å². The summed E-state index contributed by atoms with van der Waals surface area (Å²) in [4.78, 5) is 0. The van der Waals surface area contributed by atoms with Crippen LogP contribution < -0.4 is 5.32 Å². The third-order valence-electron chi connectivity index (χ3n) is 4.19. The summed E-state index contributed by atoms with van der Waals surface area (Å²) in [6.45, 7) is 3.21. The van der Waals surface area contributed by atoms with Gasteiger partial charge in [-0.05, 0) is 60.9 Å². The molecule has 3 heteroatoms. The fraction of sp³-hybridized carbons (Fsp3) is 0.571. The van der Waals surface area contributed by atoms with Crippen molar-refractivity contribution >= 4 is 15.9 Å². The predicted octanol–water partition coefficient (Wildman–Crippen LogP) is 3.62. The number of rotatable bonds is 4. The predicted molar refractivity (Wildman–Crippen MR) is 70.6 cm³/mol. The Morgan fingerprint density at radius 2 is 2.24 bits per heavy atom. The van der Waals surface area contributed by atoms with Crippen LogP contribution in [-0.4, -0.2) is 12.6 Å². The maximum absolute atomic E-state index is 13.8. The SMILES string of the molecule is CC1(c2cc(Br)ccc2F)CC1CNC1CC1. The lowest BCUT2D eigenvalue weighted by Gasteiger charge is -2.14. The van der Waals surface area contributed by atoms with E-state index in [4.69, 9.17) is 0 Å². The molecule has 1 N–H and O–H groups in total. The van der Waals surface area contributed by atoms with Crippen molar-refractivity contribution in [1.29, 1.82) is 0 Å². The van der Waals surface area contributed by atoms with E-state index in [-0.39, 0.29) is 11.2 Å². The summed E-state index contributed by atoms with van der Waals surface area (Å²) < 4.78 is 14.8. The molecule has 2 saturated carbocycles. The van der Waals surface area contributed by atoms with Crippen LogP contribution in [0.3, 0.4) is 0 Å². The molecule has 0 amide bonds. The van der Waals surface area contributed by atoms with Crippen molar-refractivity contribution < 1.29 is 4.39 Å². The van der Waals surface area contributed by atoms with E-state index in [1.807, 2.05) is 6.07 Å². The molecule has 0 heterocycles. The molecular formula is C14H17BrFN. The topological polar surface area (TPSA) is 12.0 Å². The molecule has 0 aromatic heterocycles. The standard InChI is InChI=1S/C14H17BrFN/c1-14(7-9(14)8-17-11-3-4-11)12-6-10(15)2-5-13(12)16/h2,5-6,9,11,17H,3-4,7-8H2,1H3. The highest BCUT2D eigenvalue weighted by atomic mass is 79.9. The second kappa shape index (κ2) is 4.06. The lowest BCUT2D eigenvalue weighted by atomic mass is 9.95. The molecule has 0 spiro atoms. The number of hydrogen-bond acceptors (Lipinski definition) is 1. The zero-order chi connectivity index (χ0) is 12.0. The van der Waals surface area contributed by atoms with Crippen LogP contribution in [0, 0.1) is 11.7 Å². The van der Waals surface area contributed by atoms with Crippen molar-refractivity contribution in [3.8, 4) is 0 Å². The van der Waals surface area contributed by atoms with E-state index in [2.05, 4.69) is 28.2 Å². The van der Waals surface area contributed by atoms with Crippen LogP contribution in [0.25, 0.3) is 0 Å². The third-order valence-corrected chi connectivity index (χ3v) is 4.68. The number of hydrogen-bond donors (Lipinski definition) is 1. The van der Waals surface area contributed by atoms with Crippen molar-refractivity contribution in [1.82, 2.24) is 5.32 Å². The molecule has 0 radical (unpaired) electrons. The molecule has 1 nitrogen and oxygen atoms in total. The molecule has 1 aromatic carbocycles. The highest BCUT2D eigenvalue weighted by Crippen LogP contribution is 2.54. The molecule has 2 fully saturated rings. The lowest BCUT2D eigenvalue weighted by Crippen LogP contribution is -2.22. The smallest absolute Gasteiger partial charge is 0.127 e. The Hall–Kier alpha value is -0.410. The summed E-state index contributed by atoms with van der Waals surface area (Å²) in [5.74, 6) is 0.525. The van der Waals surface area contributed by atoms with Crippen LogP contribution in [0.5, 0.6) is 0 Å². The molecule has 0 saturated heterocycles. The Morgan fingerprint density at radius 1 is 1.47 bits per heavy atom. The molecule has 3 rings (SSSR count). The fourth-order valence-electron chi connectivity index (χ4n) is 2.61. The van der Waals surface area contributed by atoms with Gasteiger partial charge in [0.05, 0.1) is 0 Å². The largest absolute Gasteiger partial charge is 0.314 e. The van der Waals surface area contributed by atoms with E-state index < -0.39 is 0 Å². The zero-order valence-electron chi connectivity index (χ0n) is 9.97. The second-order valence-corrected chi connectivity index (χ2v) is 6.54.